The highest BCUT2D eigenvalue weighted by molar-refractivity contribution is 5.89. The van der Waals surface area contributed by atoms with Crippen LogP contribution < -0.4 is 4.90 Å². The fourth-order valence-corrected chi connectivity index (χ4v) is 1.71. The molecule has 0 bridgehead atoms. The van der Waals surface area contributed by atoms with Crippen molar-refractivity contribution in [1.82, 2.24) is 0 Å². The van der Waals surface area contributed by atoms with Crippen LogP contribution in [0.5, 0.6) is 0 Å². The van der Waals surface area contributed by atoms with Gasteiger partial charge in [-0.2, -0.15) is 0 Å². The Bertz CT molecular complexity index is 399. The van der Waals surface area contributed by atoms with E-state index in [9.17, 15) is 4.79 Å². The molecule has 1 N–H and O–H groups in total. The lowest BCUT2D eigenvalue weighted by Crippen LogP contribution is -2.20. The van der Waals surface area contributed by atoms with Crippen LogP contribution in [0.25, 0.3) is 0 Å². The van der Waals surface area contributed by atoms with Gasteiger partial charge in [0, 0.05) is 19.3 Å². The molecule has 0 aliphatic carbocycles. The van der Waals surface area contributed by atoms with Gasteiger partial charge in [0.15, 0.2) is 0 Å². The van der Waals surface area contributed by atoms with E-state index in [1.165, 1.54) is 0 Å². The summed E-state index contributed by atoms with van der Waals surface area (Å²) in [4.78, 5) is 13.1. The Morgan fingerprint density at radius 1 is 1.41 bits per heavy atom. The van der Waals surface area contributed by atoms with Gasteiger partial charge in [-0.05, 0) is 43.0 Å². The first-order chi connectivity index (χ1) is 7.91. The summed E-state index contributed by atoms with van der Waals surface area (Å²) in [5, 5.41) is 8.96. The molecule has 0 saturated heterocycles. The van der Waals surface area contributed by atoms with Crippen LogP contribution in [0.2, 0.25) is 0 Å². The molecule has 1 aromatic rings. The van der Waals surface area contributed by atoms with Crippen molar-refractivity contribution >= 4 is 11.7 Å². The highest BCUT2D eigenvalue weighted by Gasteiger charge is 2.09. The molecule has 0 unspecified atom stereocenters. The minimum absolute atomic E-state index is 0.381. The molecule has 94 valence electrons. The zero-order valence-corrected chi connectivity index (χ0v) is 11.0. The molecule has 1 aromatic carbocycles. The second-order valence-electron chi connectivity index (χ2n) is 4.91. The number of rotatable bonds is 5. The van der Waals surface area contributed by atoms with Crippen LogP contribution in [0.4, 0.5) is 5.69 Å². The first-order valence-corrected chi connectivity index (χ1v) is 5.97. The average Bonchev–Trinajstić information content (AvgIpc) is 2.25. The van der Waals surface area contributed by atoms with Crippen molar-refractivity contribution < 1.29 is 9.90 Å². The minimum Gasteiger partial charge on any atom is -0.478 e. The second-order valence-corrected chi connectivity index (χ2v) is 4.91. The lowest BCUT2D eigenvalue weighted by atomic mass is 10.1. The van der Waals surface area contributed by atoms with Crippen molar-refractivity contribution in [2.75, 3.05) is 18.5 Å². The second kappa shape index (κ2) is 5.71. The van der Waals surface area contributed by atoms with Gasteiger partial charge in [0.2, 0.25) is 0 Å². The summed E-state index contributed by atoms with van der Waals surface area (Å²) in [6.07, 6.45) is 1.14. The van der Waals surface area contributed by atoms with E-state index in [2.05, 4.69) is 18.7 Å². The maximum absolute atomic E-state index is 10.9. The Labute approximate surface area is 103 Å². The number of benzene rings is 1. The molecule has 17 heavy (non-hydrogen) atoms. The summed E-state index contributed by atoms with van der Waals surface area (Å²) in [5.74, 6) is -0.185. The molecular weight excluding hydrogens is 214 g/mol. The quantitative estimate of drug-likeness (QED) is 0.852. The van der Waals surface area contributed by atoms with E-state index in [1.807, 2.05) is 26.1 Å². The lowest BCUT2D eigenvalue weighted by molar-refractivity contribution is 0.0696. The number of hydrogen-bond donors (Lipinski definition) is 1. The van der Waals surface area contributed by atoms with E-state index in [0.717, 1.165) is 24.2 Å². The Balaban J connectivity index is 2.79. The van der Waals surface area contributed by atoms with Crippen molar-refractivity contribution in [3.05, 3.63) is 29.3 Å². The molecule has 1 rings (SSSR count). The molecule has 0 aliphatic rings. The summed E-state index contributed by atoms with van der Waals surface area (Å²) in [6, 6.07) is 5.49. The van der Waals surface area contributed by atoms with E-state index in [0.29, 0.717) is 11.5 Å². The van der Waals surface area contributed by atoms with Gasteiger partial charge in [-0.25, -0.2) is 4.79 Å². The van der Waals surface area contributed by atoms with Gasteiger partial charge in [0.05, 0.1) is 5.56 Å². The van der Waals surface area contributed by atoms with Crippen LogP contribution in [0.1, 0.15) is 36.2 Å². The van der Waals surface area contributed by atoms with Gasteiger partial charge >= 0.3 is 5.97 Å². The third kappa shape index (κ3) is 3.77. The SMILES string of the molecule is Cc1cc(N(C)CCC(C)C)ccc1C(=O)O. The first-order valence-electron chi connectivity index (χ1n) is 5.97. The Hall–Kier alpha value is -1.51. The maximum Gasteiger partial charge on any atom is 0.335 e. The highest BCUT2D eigenvalue weighted by Crippen LogP contribution is 2.19. The summed E-state index contributed by atoms with van der Waals surface area (Å²) in [7, 11) is 2.04. The molecule has 0 atom stereocenters. The fourth-order valence-electron chi connectivity index (χ4n) is 1.71. The number of nitrogens with zero attached hydrogens (tertiary/aromatic N) is 1. The van der Waals surface area contributed by atoms with Gasteiger partial charge in [-0.1, -0.05) is 13.8 Å². The summed E-state index contributed by atoms with van der Waals surface area (Å²) >= 11 is 0. The fraction of sp³-hybridized carbons (Fsp3) is 0.500. The summed E-state index contributed by atoms with van der Waals surface area (Å²) in [6.45, 7) is 7.23. The topological polar surface area (TPSA) is 40.5 Å². The molecule has 0 radical (unpaired) electrons. The minimum atomic E-state index is -0.862. The molecule has 0 saturated carbocycles. The molecule has 3 heteroatoms. The summed E-state index contributed by atoms with van der Waals surface area (Å²) in [5.41, 5.74) is 2.27. The molecule has 3 nitrogen and oxygen atoms in total. The number of hydrogen-bond acceptors (Lipinski definition) is 2. The predicted molar refractivity (Wildman–Crippen MR) is 70.9 cm³/mol. The van der Waals surface area contributed by atoms with Gasteiger partial charge < -0.3 is 10.0 Å². The highest BCUT2D eigenvalue weighted by atomic mass is 16.4. The van der Waals surface area contributed by atoms with Crippen molar-refractivity contribution in [3.8, 4) is 0 Å². The number of aryl methyl sites for hydroxylation is 1. The van der Waals surface area contributed by atoms with E-state index in [1.54, 1.807) is 6.07 Å². The molecule has 0 aromatic heterocycles. The van der Waals surface area contributed by atoms with E-state index in [4.69, 9.17) is 5.11 Å². The molecular formula is C14H21NO2. The van der Waals surface area contributed by atoms with Gasteiger partial charge in [-0.3, -0.25) is 0 Å². The lowest BCUT2D eigenvalue weighted by Gasteiger charge is -2.21. The largest absolute Gasteiger partial charge is 0.478 e. The van der Waals surface area contributed by atoms with Crippen molar-refractivity contribution in [2.24, 2.45) is 5.92 Å². The molecule has 0 amide bonds. The van der Waals surface area contributed by atoms with E-state index in [-0.39, 0.29) is 0 Å². The molecule has 0 spiro atoms. The smallest absolute Gasteiger partial charge is 0.335 e. The third-order valence-corrected chi connectivity index (χ3v) is 2.92. The van der Waals surface area contributed by atoms with Crippen LogP contribution in [0, 0.1) is 12.8 Å². The molecule has 0 heterocycles. The van der Waals surface area contributed by atoms with Gasteiger partial charge in [-0.15, -0.1) is 0 Å². The van der Waals surface area contributed by atoms with Crippen LogP contribution >= 0.6 is 0 Å². The first kappa shape index (κ1) is 13.6. The Kier molecular flexibility index (Phi) is 4.55. The monoisotopic (exact) mass is 235 g/mol. The van der Waals surface area contributed by atoms with Gasteiger partial charge in [0.1, 0.15) is 0 Å². The standard InChI is InChI=1S/C14H21NO2/c1-10(2)7-8-15(4)12-5-6-13(14(16)17)11(3)9-12/h5-6,9-10H,7-8H2,1-4H3,(H,16,17). The number of carboxylic acid groups (broad SMARTS) is 1. The number of carboxylic acids is 1. The maximum atomic E-state index is 10.9. The van der Waals surface area contributed by atoms with Crippen molar-refractivity contribution in [1.29, 1.82) is 0 Å². The van der Waals surface area contributed by atoms with Crippen molar-refractivity contribution in [3.63, 3.8) is 0 Å². The number of anilines is 1. The summed E-state index contributed by atoms with van der Waals surface area (Å²) < 4.78 is 0. The zero-order valence-electron chi connectivity index (χ0n) is 11.0. The molecule has 0 aliphatic heterocycles. The van der Waals surface area contributed by atoms with Crippen molar-refractivity contribution in [2.45, 2.75) is 27.2 Å². The average molecular weight is 235 g/mol. The normalized spacial score (nSPS) is 10.6. The molecule has 0 fully saturated rings. The zero-order chi connectivity index (χ0) is 13.0. The van der Waals surface area contributed by atoms with Gasteiger partial charge in [0.25, 0.3) is 0 Å². The van der Waals surface area contributed by atoms with Crippen LogP contribution in [0.3, 0.4) is 0 Å². The third-order valence-electron chi connectivity index (χ3n) is 2.92. The Morgan fingerprint density at radius 2 is 2.06 bits per heavy atom. The number of carbonyl (C=O) groups is 1. The van der Waals surface area contributed by atoms with Crippen LogP contribution in [-0.2, 0) is 0 Å². The van der Waals surface area contributed by atoms with Crippen LogP contribution in [-0.4, -0.2) is 24.7 Å². The Morgan fingerprint density at radius 3 is 2.53 bits per heavy atom. The number of aromatic carboxylic acids is 1. The predicted octanol–water partition coefficient (Wildman–Crippen LogP) is 3.18. The van der Waals surface area contributed by atoms with E-state index < -0.39 is 5.97 Å². The van der Waals surface area contributed by atoms with E-state index >= 15 is 0 Å². The van der Waals surface area contributed by atoms with Crippen LogP contribution in [0.15, 0.2) is 18.2 Å².